The summed E-state index contributed by atoms with van der Waals surface area (Å²) in [6.07, 6.45) is 0. The summed E-state index contributed by atoms with van der Waals surface area (Å²) >= 11 is 0. The highest BCUT2D eigenvalue weighted by atomic mass is 16.5. The van der Waals surface area contributed by atoms with Crippen LogP contribution in [0.3, 0.4) is 0 Å². The van der Waals surface area contributed by atoms with Gasteiger partial charge in [0, 0.05) is 5.41 Å². The molecule has 0 heterocycles. The van der Waals surface area contributed by atoms with E-state index >= 15 is 0 Å². The fourth-order valence-corrected chi connectivity index (χ4v) is 3.94. The lowest BCUT2D eigenvalue weighted by Crippen LogP contribution is -2.25. The average Bonchev–Trinajstić information content (AvgIpc) is 2.80. The Hall–Kier alpha value is -3.92. The molecule has 0 radical (unpaired) electrons. The van der Waals surface area contributed by atoms with Crippen LogP contribution in [-0.4, -0.2) is 22.4 Å². The average molecular weight is 412 g/mol. The summed E-state index contributed by atoms with van der Waals surface area (Å²) in [6.45, 7) is 2.13. The second kappa shape index (κ2) is 8.07. The third-order valence-electron chi connectivity index (χ3n) is 5.86. The van der Waals surface area contributed by atoms with Gasteiger partial charge in [0.15, 0.2) is 11.5 Å². The molecular formula is C27H24O4. The van der Waals surface area contributed by atoms with Gasteiger partial charge in [0.05, 0.1) is 7.11 Å². The van der Waals surface area contributed by atoms with Gasteiger partial charge in [-0.2, -0.15) is 0 Å². The van der Waals surface area contributed by atoms with E-state index in [1.165, 1.54) is 7.11 Å². The molecule has 4 aromatic rings. The predicted molar refractivity (Wildman–Crippen MR) is 122 cm³/mol. The zero-order valence-corrected chi connectivity index (χ0v) is 17.4. The number of rotatable bonds is 5. The van der Waals surface area contributed by atoms with Crippen LogP contribution in [0.1, 0.15) is 23.6 Å². The van der Waals surface area contributed by atoms with Gasteiger partial charge in [-0.1, -0.05) is 54.6 Å². The third-order valence-corrected chi connectivity index (χ3v) is 5.86. The quantitative estimate of drug-likeness (QED) is 0.361. The Balaban J connectivity index is 1.80. The largest absolute Gasteiger partial charge is 0.508 e. The molecule has 0 unspecified atom stereocenters. The Labute approximate surface area is 181 Å². The molecule has 0 amide bonds. The van der Waals surface area contributed by atoms with E-state index in [1.807, 2.05) is 48.5 Å². The van der Waals surface area contributed by atoms with E-state index in [-0.39, 0.29) is 17.2 Å². The van der Waals surface area contributed by atoms with Crippen LogP contribution in [0.2, 0.25) is 0 Å². The fourth-order valence-electron chi connectivity index (χ4n) is 3.94. The molecule has 4 aromatic carbocycles. The predicted octanol–water partition coefficient (Wildman–Crippen LogP) is 5.83. The molecule has 4 rings (SSSR count). The minimum Gasteiger partial charge on any atom is -0.508 e. The van der Waals surface area contributed by atoms with E-state index in [2.05, 4.69) is 19.1 Å². The van der Waals surface area contributed by atoms with E-state index in [1.54, 1.807) is 30.3 Å². The van der Waals surface area contributed by atoms with Crippen molar-refractivity contribution in [3.8, 4) is 34.1 Å². The van der Waals surface area contributed by atoms with Crippen molar-refractivity contribution in [3.05, 3.63) is 108 Å². The van der Waals surface area contributed by atoms with Gasteiger partial charge in [-0.05, 0) is 71.1 Å². The molecule has 0 saturated carbocycles. The number of benzene rings is 4. The second-order valence-corrected chi connectivity index (χ2v) is 7.68. The Morgan fingerprint density at radius 3 is 1.45 bits per heavy atom. The number of hydrogen-bond donors (Lipinski definition) is 3. The first kappa shape index (κ1) is 20.4. The highest BCUT2D eigenvalue weighted by Crippen LogP contribution is 2.41. The second-order valence-electron chi connectivity index (χ2n) is 7.68. The Bertz CT molecular complexity index is 1130. The van der Waals surface area contributed by atoms with Crippen molar-refractivity contribution in [1.29, 1.82) is 0 Å². The van der Waals surface area contributed by atoms with Gasteiger partial charge in [0.1, 0.15) is 11.5 Å². The van der Waals surface area contributed by atoms with E-state index in [0.717, 1.165) is 27.8 Å². The Morgan fingerprint density at radius 1 is 0.581 bits per heavy atom. The van der Waals surface area contributed by atoms with Crippen LogP contribution in [0, 0.1) is 0 Å². The molecule has 3 N–H and O–H groups in total. The lowest BCUT2D eigenvalue weighted by Gasteiger charge is -2.32. The van der Waals surface area contributed by atoms with Gasteiger partial charge in [-0.25, -0.2) is 0 Å². The van der Waals surface area contributed by atoms with Crippen LogP contribution in [0.25, 0.3) is 11.1 Å². The van der Waals surface area contributed by atoms with Crippen LogP contribution < -0.4 is 4.74 Å². The summed E-state index contributed by atoms with van der Waals surface area (Å²) in [5.41, 5.74) is 4.56. The smallest absolute Gasteiger partial charge is 0.161 e. The van der Waals surface area contributed by atoms with Crippen molar-refractivity contribution in [2.45, 2.75) is 12.3 Å². The molecular weight excluding hydrogens is 388 g/mol. The van der Waals surface area contributed by atoms with E-state index in [0.29, 0.717) is 5.75 Å². The minimum absolute atomic E-state index is 0.107. The van der Waals surface area contributed by atoms with Crippen LogP contribution >= 0.6 is 0 Å². The summed E-state index contributed by atoms with van der Waals surface area (Å²) in [4.78, 5) is 0. The van der Waals surface area contributed by atoms with E-state index in [4.69, 9.17) is 4.74 Å². The summed E-state index contributed by atoms with van der Waals surface area (Å²) in [7, 11) is 1.53. The maximum absolute atomic E-state index is 9.86. The van der Waals surface area contributed by atoms with Crippen molar-refractivity contribution in [3.63, 3.8) is 0 Å². The molecule has 0 bridgehead atoms. The van der Waals surface area contributed by atoms with Crippen LogP contribution in [-0.2, 0) is 5.41 Å². The minimum atomic E-state index is -0.493. The third kappa shape index (κ3) is 3.80. The molecule has 0 aliphatic heterocycles. The molecule has 0 spiro atoms. The van der Waals surface area contributed by atoms with Crippen LogP contribution in [0.4, 0.5) is 0 Å². The summed E-state index contributed by atoms with van der Waals surface area (Å²) in [5.74, 6) is 0.969. The molecule has 0 aromatic heterocycles. The van der Waals surface area contributed by atoms with Gasteiger partial charge in [0.25, 0.3) is 0 Å². The van der Waals surface area contributed by atoms with E-state index in [9.17, 15) is 15.3 Å². The van der Waals surface area contributed by atoms with Crippen LogP contribution in [0.15, 0.2) is 91.0 Å². The zero-order valence-electron chi connectivity index (χ0n) is 17.4. The Kier molecular flexibility index (Phi) is 5.30. The number of ether oxygens (including phenoxy) is 1. The van der Waals surface area contributed by atoms with Gasteiger partial charge < -0.3 is 20.1 Å². The van der Waals surface area contributed by atoms with Crippen molar-refractivity contribution in [1.82, 2.24) is 0 Å². The van der Waals surface area contributed by atoms with Crippen molar-refractivity contribution in [2.24, 2.45) is 0 Å². The van der Waals surface area contributed by atoms with Gasteiger partial charge in [-0.15, -0.1) is 0 Å². The first-order valence-electron chi connectivity index (χ1n) is 9.99. The molecule has 0 atom stereocenters. The SMILES string of the molecule is COc1cc(-c2ccc(C(C)(c3ccc(O)cc3)c3ccc(O)cc3)cc2)ccc1O. The van der Waals surface area contributed by atoms with Crippen molar-refractivity contribution < 1.29 is 20.1 Å². The summed E-state index contributed by atoms with van der Waals surface area (Å²) < 4.78 is 5.23. The summed E-state index contributed by atoms with van der Waals surface area (Å²) in [5, 5.41) is 29.4. The topological polar surface area (TPSA) is 69.9 Å². The highest BCUT2D eigenvalue weighted by molar-refractivity contribution is 5.68. The molecule has 4 nitrogen and oxygen atoms in total. The standard InChI is InChI=1S/C27H24O4/c1-27(21-8-12-23(28)13-9-21,22-10-14-24(29)15-11-22)20-6-3-18(4-7-20)19-5-16-25(30)26(17-19)31-2/h3-17,28-30H,1-2H3. The maximum Gasteiger partial charge on any atom is 0.161 e. The number of phenolic OH excluding ortho intramolecular Hbond substituents is 3. The molecule has 31 heavy (non-hydrogen) atoms. The number of hydrogen-bond acceptors (Lipinski definition) is 4. The van der Waals surface area contributed by atoms with Crippen molar-refractivity contribution in [2.75, 3.05) is 7.11 Å². The molecule has 156 valence electrons. The van der Waals surface area contributed by atoms with Crippen molar-refractivity contribution >= 4 is 0 Å². The highest BCUT2D eigenvalue weighted by Gasteiger charge is 2.31. The van der Waals surface area contributed by atoms with Gasteiger partial charge >= 0.3 is 0 Å². The number of methoxy groups -OCH3 is 1. The molecule has 0 saturated heterocycles. The van der Waals surface area contributed by atoms with E-state index < -0.39 is 5.41 Å². The lowest BCUT2D eigenvalue weighted by atomic mass is 9.71. The maximum atomic E-state index is 9.86. The first-order chi connectivity index (χ1) is 14.9. The number of phenols is 3. The van der Waals surface area contributed by atoms with Crippen LogP contribution in [0.5, 0.6) is 23.0 Å². The summed E-state index contributed by atoms with van der Waals surface area (Å²) in [6, 6.07) is 27.9. The first-order valence-corrected chi connectivity index (χ1v) is 9.99. The molecule has 0 aliphatic rings. The zero-order chi connectivity index (χ0) is 22.0. The monoisotopic (exact) mass is 412 g/mol. The number of aromatic hydroxyl groups is 3. The molecule has 0 aliphatic carbocycles. The van der Waals surface area contributed by atoms with Gasteiger partial charge in [0.2, 0.25) is 0 Å². The Morgan fingerprint density at radius 2 is 1.00 bits per heavy atom. The van der Waals surface area contributed by atoms with Gasteiger partial charge in [-0.3, -0.25) is 0 Å². The lowest BCUT2D eigenvalue weighted by molar-refractivity contribution is 0.373. The molecule has 4 heteroatoms. The molecule has 0 fully saturated rings. The fraction of sp³-hybridized carbons (Fsp3) is 0.111. The normalized spacial score (nSPS) is 11.3.